The fourth-order valence-electron chi connectivity index (χ4n) is 1.05. The Balaban J connectivity index is -0.0000000260. The molecule has 0 aromatic rings. The van der Waals surface area contributed by atoms with E-state index in [9.17, 15) is 9.59 Å². The van der Waals surface area contributed by atoms with Crippen molar-refractivity contribution in [3.8, 4) is 0 Å². The van der Waals surface area contributed by atoms with Crippen LogP contribution < -0.4 is 11.1 Å². The lowest BCUT2D eigenvalue weighted by molar-refractivity contribution is -0.120. The molecule has 1 saturated carbocycles. The highest BCUT2D eigenvalue weighted by Gasteiger charge is 2.09. The van der Waals surface area contributed by atoms with Gasteiger partial charge < -0.3 is 15.8 Å². The molecule has 4 nitrogen and oxygen atoms in total. The van der Waals surface area contributed by atoms with Crippen molar-refractivity contribution in [1.29, 1.82) is 0 Å². The molecule has 0 heterocycles. The maximum Gasteiger partial charge on any atom is 0.219 e. The molecule has 1 fully saturated rings. The molecule has 1 atom stereocenters. The molecular formula is C26H68N2O2. The fraction of sp³-hybridized carbons (Fsp3) is 0.923. The Morgan fingerprint density at radius 2 is 1.03 bits per heavy atom. The van der Waals surface area contributed by atoms with E-state index < -0.39 is 11.9 Å². The number of hydrogen-bond acceptors (Lipinski definition) is 3. The summed E-state index contributed by atoms with van der Waals surface area (Å²) in [5.41, 5.74) is 4.81. The molecule has 1 aliphatic carbocycles. The zero-order valence-corrected chi connectivity index (χ0v) is 25.0. The zero-order chi connectivity index (χ0) is 27.0. The first-order chi connectivity index (χ1) is 14.6. The first-order valence-corrected chi connectivity index (χ1v) is 13.0. The lowest BCUT2D eigenvalue weighted by Gasteiger charge is -2.18. The summed E-state index contributed by atoms with van der Waals surface area (Å²) in [6.45, 7) is 34.3. The highest BCUT2D eigenvalue weighted by molar-refractivity contribution is 5.78. The Bertz CT molecular complexity index is 184. The number of nitrogens with two attached hydrogens (primary N) is 1. The molecule has 1 amide bonds. The minimum Gasteiger partial charge on any atom is -0.370 e. The third kappa shape index (κ3) is 108. The number of amides is 1. The van der Waals surface area contributed by atoms with Crippen LogP contribution in [0.25, 0.3) is 0 Å². The normalized spacial score (nSPS) is 9.67. The molecule has 0 bridgehead atoms. The van der Waals surface area contributed by atoms with E-state index in [1.807, 2.05) is 111 Å². The number of carbonyl (C=O) groups excluding carboxylic acids is 2. The minimum atomic E-state index is -0.471. The highest BCUT2D eigenvalue weighted by atomic mass is 16.1. The van der Waals surface area contributed by atoms with E-state index in [1.165, 1.54) is 19.3 Å². The van der Waals surface area contributed by atoms with Crippen molar-refractivity contribution in [3.63, 3.8) is 0 Å². The van der Waals surface area contributed by atoms with Crippen molar-refractivity contribution in [2.45, 2.75) is 149 Å². The predicted molar refractivity (Wildman–Crippen MR) is 147 cm³/mol. The van der Waals surface area contributed by atoms with Crippen LogP contribution in [0.4, 0.5) is 0 Å². The van der Waals surface area contributed by atoms with Crippen molar-refractivity contribution in [3.05, 3.63) is 0 Å². The topological polar surface area (TPSA) is 72.2 Å². The number of rotatable bonds is 4. The van der Waals surface area contributed by atoms with Gasteiger partial charge in [0.15, 0.2) is 0 Å². The van der Waals surface area contributed by atoms with E-state index in [0.29, 0.717) is 6.29 Å². The summed E-state index contributed by atoms with van der Waals surface area (Å²) >= 11 is 0. The molecule has 0 aliphatic heterocycles. The largest absolute Gasteiger partial charge is 0.370 e. The Morgan fingerprint density at radius 1 is 0.800 bits per heavy atom. The Morgan fingerprint density at radius 3 is 1.07 bits per heavy atom. The van der Waals surface area contributed by atoms with Crippen LogP contribution in [0.1, 0.15) is 143 Å². The lowest BCUT2D eigenvalue weighted by Crippen LogP contribution is -2.31. The third-order valence-electron chi connectivity index (χ3n) is 2.35. The second-order valence-corrected chi connectivity index (χ2v) is 3.74. The van der Waals surface area contributed by atoms with E-state index in [0.717, 1.165) is 5.92 Å². The van der Waals surface area contributed by atoms with E-state index in [2.05, 4.69) is 12.2 Å². The molecule has 4 heteroatoms. The van der Waals surface area contributed by atoms with Crippen LogP contribution in [-0.2, 0) is 9.59 Å². The molecule has 194 valence electrons. The van der Waals surface area contributed by atoms with Gasteiger partial charge in [-0.1, -0.05) is 137 Å². The molecular weight excluding hydrogens is 372 g/mol. The number of hydrogen-bond donors (Lipinski definition) is 2. The van der Waals surface area contributed by atoms with Gasteiger partial charge >= 0.3 is 0 Å². The van der Waals surface area contributed by atoms with Crippen molar-refractivity contribution in [2.24, 2.45) is 11.7 Å². The molecule has 0 spiro atoms. The van der Waals surface area contributed by atoms with Crippen molar-refractivity contribution >= 4 is 12.2 Å². The van der Waals surface area contributed by atoms with Gasteiger partial charge in [0.05, 0.1) is 6.04 Å². The third-order valence-corrected chi connectivity index (χ3v) is 2.35. The van der Waals surface area contributed by atoms with Crippen LogP contribution in [0.2, 0.25) is 0 Å². The van der Waals surface area contributed by atoms with Crippen LogP contribution in [-0.4, -0.2) is 25.3 Å². The zero-order valence-electron chi connectivity index (χ0n) is 25.0. The molecule has 1 aliphatic rings. The van der Waals surface area contributed by atoms with Gasteiger partial charge in [-0.05, 0) is 13.0 Å². The number of carbonyl (C=O) groups is 2. The van der Waals surface area contributed by atoms with Crippen LogP contribution in [0.5, 0.6) is 0 Å². The summed E-state index contributed by atoms with van der Waals surface area (Å²) in [5, 5.41) is 2.61. The van der Waals surface area contributed by atoms with Gasteiger partial charge in [-0.15, -0.1) is 0 Å². The van der Waals surface area contributed by atoms with Gasteiger partial charge in [-0.3, -0.25) is 4.79 Å². The standard InChI is InChI=1S/C5H10N2O2.C5H10.8C2H6/c1-7-4(3-8)2-5(6)9;1-5-3-2-4-5;8*1-2/h3-4,7H,2H2,1H3,(H2,6,9);5H,2-4H2,1H3;8*1-2H3/t4-;;;;;;;;;/m0........./s1. The lowest BCUT2D eigenvalue weighted by atomic mass is 9.88. The minimum absolute atomic E-state index is 0.0694. The maximum atomic E-state index is 10.2. The van der Waals surface area contributed by atoms with Crippen LogP contribution in [0, 0.1) is 5.92 Å². The molecule has 0 aromatic carbocycles. The SMILES string of the molecule is CC.CC.CC.CC.CC.CC.CC.CC.CC1CCC1.CN[C@H](C=O)CC(N)=O. The molecule has 30 heavy (non-hydrogen) atoms. The van der Waals surface area contributed by atoms with Gasteiger partial charge in [0.25, 0.3) is 0 Å². The van der Waals surface area contributed by atoms with Crippen LogP contribution >= 0.6 is 0 Å². The molecule has 0 radical (unpaired) electrons. The maximum absolute atomic E-state index is 10.2. The summed E-state index contributed by atoms with van der Waals surface area (Å²) in [6.07, 6.45) is 5.19. The average Bonchev–Trinajstić information content (AvgIpc) is 2.86. The van der Waals surface area contributed by atoms with Crippen LogP contribution in [0.3, 0.4) is 0 Å². The van der Waals surface area contributed by atoms with Gasteiger partial charge in [0.2, 0.25) is 5.91 Å². The molecule has 0 unspecified atom stereocenters. The highest BCUT2D eigenvalue weighted by Crippen LogP contribution is 2.24. The summed E-state index contributed by atoms with van der Waals surface area (Å²) < 4.78 is 0. The molecule has 0 aromatic heterocycles. The fourth-order valence-corrected chi connectivity index (χ4v) is 1.05. The Hall–Kier alpha value is -0.900. The summed E-state index contributed by atoms with van der Waals surface area (Å²) in [6, 6.07) is -0.428. The van der Waals surface area contributed by atoms with Gasteiger partial charge in [0.1, 0.15) is 6.29 Å². The summed E-state index contributed by atoms with van der Waals surface area (Å²) in [7, 11) is 1.60. The quantitative estimate of drug-likeness (QED) is 0.429. The summed E-state index contributed by atoms with van der Waals surface area (Å²) in [5.74, 6) is 0.594. The first kappa shape index (κ1) is 56.9. The number of aldehydes is 1. The van der Waals surface area contributed by atoms with E-state index in [1.54, 1.807) is 7.05 Å². The smallest absolute Gasteiger partial charge is 0.219 e. The predicted octanol–water partition coefficient (Wildman–Crippen LogP) is 8.66. The number of nitrogens with one attached hydrogen (secondary N) is 1. The molecule has 1 rings (SSSR count). The van der Waals surface area contributed by atoms with Crippen molar-refractivity contribution in [2.75, 3.05) is 7.05 Å². The van der Waals surface area contributed by atoms with Gasteiger partial charge in [0, 0.05) is 6.42 Å². The Kier molecular flexibility index (Phi) is 197. The number of likely N-dealkylation sites (N-methyl/N-ethyl adjacent to an activating group) is 1. The van der Waals surface area contributed by atoms with E-state index in [4.69, 9.17) is 5.73 Å². The van der Waals surface area contributed by atoms with E-state index in [-0.39, 0.29) is 6.42 Å². The van der Waals surface area contributed by atoms with Gasteiger partial charge in [-0.2, -0.15) is 0 Å². The van der Waals surface area contributed by atoms with Gasteiger partial charge in [-0.25, -0.2) is 0 Å². The first-order valence-electron chi connectivity index (χ1n) is 13.0. The molecule has 3 N–H and O–H groups in total. The second-order valence-electron chi connectivity index (χ2n) is 3.74. The van der Waals surface area contributed by atoms with Crippen LogP contribution in [0.15, 0.2) is 0 Å². The number of primary amides is 1. The average molecular weight is 441 g/mol. The molecule has 0 saturated heterocycles. The monoisotopic (exact) mass is 441 g/mol. The Labute approximate surface area is 195 Å². The van der Waals surface area contributed by atoms with Crippen molar-refractivity contribution in [1.82, 2.24) is 5.32 Å². The van der Waals surface area contributed by atoms with Crippen molar-refractivity contribution < 1.29 is 9.59 Å². The second kappa shape index (κ2) is 104. The van der Waals surface area contributed by atoms with E-state index >= 15 is 0 Å². The summed E-state index contributed by atoms with van der Waals surface area (Å²) in [4.78, 5) is 20.2.